The van der Waals surface area contributed by atoms with Crippen LogP contribution in [-0.4, -0.2) is 5.91 Å². The normalized spacial score (nSPS) is 29.9. The fourth-order valence-electron chi connectivity index (χ4n) is 3.02. The average Bonchev–Trinajstić information content (AvgIpc) is 2.30. The van der Waals surface area contributed by atoms with E-state index in [0.717, 1.165) is 24.8 Å². The standard InChI is InChI=1S/C14H19NO/c1-11-7-5-6-10-14(11,13(15)16)12-8-3-2-4-9-12/h2-4,8-9,11H,5-7,10H2,1H3,(H2,15,16). The number of primary amides is 1. The van der Waals surface area contributed by atoms with Crippen molar-refractivity contribution in [1.29, 1.82) is 0 Å². The fourth-order valence-corrected chi connectivity index (χ4v) is 3.02. The molecule has 0 spiro atoms. The maximum absolute atomic E-state index is 11.9. The van der Waals surface area contributed by atoms with Crippen molar-refractivity contribution >= 4 is 5.91 Å². The van der Waals surface area contributed by atoms with Crippen LogP contribution in [-0.2, 0) is 10.2 Å². The van der Waals surface area contributed by atoms with E-state index in [9.17, 15) is 4.79 Å². The summed E-state index contributed by atoms with van der Waals surface area (Å²) in [7, 11) is 0. The molecule has 86 valence electrons. The SMILES string of the molecule is CC1CCCCC1(C(N)=O)c1ccccc1. The molecule has 2 unspecified atom stereocenters. The van der Waals surface area contributed by atoms with Gasteiger partial charge in [0.15, 0.2) is 0 Å². The topological polar surface area (TPSA) is 43.1 Å². The molecule has 0 aliphatic heterocycles. The summed E-state index contributed by atoms with van der Waals surface area (Å²) < 4.78 is 0. The minimum atomic E-state index is -0.431. The number of carbonyl (C=O) groups excluding carboxylic acids is 1. The molecule has 1 aromatic rings. The van der Waals surface area contributed by atoms with E-state index in [1.165, 1.54) is 6.42 Å². The van der Waals surface area contributed by atoms with Crippen molar-refractivity contribution in [3.8, 4) is 0 Å². The van der Waals surface area contributed by atoms with E-state index in [2.05, 4.69) is 6.92 Å². The summed E-state index contributed by atoms with van der Waals surface area (Å²) in [6, 6.07) is 10.0. The molecule has 2 heteroatoms. The predicted octanol–water partition coefficient (Wildman–Crippen LogP) is 2.62. The number of nitrogens with two attached hydrogens (primary N) is 1. The van der Waals surface area contributed by atoms with E-state index >= 15 is 0 Å². The molecule has 2 rings (SSSR count). The van der Waals surface area contributed by atoms with E-state index in [4.69, 9.17) is 5.73 Å². The molecule has 1 aliphatic carbocycles. The molecule has 0 radical (unpaired) electrons. The quantitative estimate of drug-likeness (QED) is 0.813. The van der Waals surface area contributed by atoms with Gasteiger partial charge in [0.05, 0.1) is 5.41 Å². The van der Waals surface area contributed by atoms with Crippen LogP contribution in [0.2, 0.25) is 0 Å². The highest BCUT2D eigenvalue weighted by Gasteiger charge is 2.44. The number of benzene rings is 1. The molecule has 1 aliphatic rings. The predicted molar refractivity (Wildman–Crippen MR) is 64.9 cm³/mol. The third-order valence-electron chi connectivity index (χ3n) is 4.03. The zero-order valence-electron chi connectivity index (χ0n) is 9.78. The first kappa shape index (κ1) is 11.2. The van der Waals surface area contributed by atoms with Crippen molar-refractivity contribution in [3.63, 3.8) is 0 Å². The van der Waals surface area contributed by atoms with Gasteiger partial charge in [0.2, 0.25) is 5.91 Å². The van der Waals surface area contributed by atoms with Crippen LogP contribution in [0.15, 0.2) is 30.3 Å². The monoisotopic (exact) mass is 217 g/mol. The largest absolute Gasteiger partial charge is 0.369 e. The van der Waals surface area contributed by atoms with Gasteiger partial charge >= 0.3 is 0 Å². The van der Waals surface area contributed by atoms with E-state index in [1.54, 1.807) is 0 Å². The highest BCUT2D eigenvalue weighted by molar-refractivity contribution is 5.87. The number of hydrogen-bond donors (Lipinski definition) is 1. The Balaban J connectivity index is 2.46. The summed E-state index contributed by atoms with van der Waals surface area (Å²) in [6.45, 7) is 2.15. The molecular weight excluding hydrogens is 198 g/mol. The third-order valence-corrected chi connectivity index (χ3v) is 4.03. The molecule has 0 aromatic heterocycles. The van der Waals surface area contributed by atoms with Gasteiger partial charge in [-0.3, -0.25) is 4.79 Å². The third kappa shape index (κ3) is 1.62. The first-order chi connectivity index (χ1) is 7.68. The molecule has 1 fully saturated rings. The van der Waals surface area contributed by atoms with Gasteiger partial charge in [-0.15, -0.1) is 0 Å². The molecule has 1 aromatic carbocycles. The lowest BCUT2D eigenvalue weighted by atomic mass is 9.63. The van der Waals surface area contributed by atoms with Crippen molar-refractivity contribution in [2.24, 2.45) is 11.7 Å². The summed E-state index contributed by atoms with van der Waals surface area (Å²) >= 11 is 0. The number of amides is 1. The zero-order chi connectivity index (χ0) is 11.6. The molecule has 16 heavy (non-hydrogen) atoms. The molecule has 0 bridgehead atoms. The minimum Gasteiger partial charge on any atom is -0.369 e. The number of rotatable bonds is 2. The lowest BCUT2D eigenvalue weighted by Crippen LogP contribution is -2.48. The Hall–Kier alpha value is -1.31. The summed E-state index contributed by atoms with van der Waals surface area (Å²) in [5.74, 6) is 0.187. The second kappa shape index (κ2) is 4.28. The van der Waals surface area contributed by atoms with Gasteiger partial charge in [-0.25, -0.2) is 0 Å². The summed E-state index contributed by atoms with van der Waals surface area (Å²) in [5, 5.41) is 0. The van der Waals surface area contributed by atoms with Gasteiger partial charge in [-0.05, 0) is 24.3 Å². The molecule has 0 saturated heterocycles. The van der Waals surface area contributed by atoms with E-state index in [1.807, 2.05) is 30.3 Å². The van der Waals surface area contributed by atoms with Crippen LogP contribution in [0.25, 0.3) is 0 Å². The molecule has 1 saturated carbocycles. The van der Waals surface area contributed by atoms with Crippen molar-refractivity contribution in [2.75, 3.05) is 0 Å². The second-order valence-electron chi connectivity index (χ2n) is 4.85. The zero-order valence-corrected chi connectivity index (χ0v) is 9.78. The van der Waals surface area contributed by atoms with Gasteiger partial charge in [0, 0.05) is 0 Å². The molecular formula is C14H19NO. The van der Waals surface area contributed by atoms with E-state index < -0.39 is 5.41 Å². The Morgan fingerprint density at radius 3 is 2.56 bits per heavy atom. The van der Waals surface area contributed by atoms with Crippen LogP contribution in [0.4, 0.5) is 0 Å². The minimum absolute atomic E-state index is 0.161. The van der Waals surface area contributed by atoms with E-state index in [0.29, 0.717) is 5.92 Å². The fraction of sp³-hybridized carbons (Fsp3) is 0.500. The van der Waals surface area contributed by atoms with Crippen LogP contribution < -0.4 is 5.73 Å². The van der Waals surface area contributed by atoms with Gasteiger partial charge in [0.1, 0.15) is 0 Å². The Labute approximate surface area is 96.8 Å². The van der Waals surface area contributed by atoms with Crippen molar-refractivity contribution in [3.05, 3.63) is 35.9 Å². The van der Waals surface area contributed by atoms with Crippen molar-refractivity contribution in [2.45, 2.75) is 38.0 Å². The Morgan fingerprint density at radius 2 is 2.00 bits per heavy atom. The maximum Gasteiger partial charge on any atom is 0.228 e. The number of hydrogen-bond acceptors (Lipinski definition) is 1. The summed E-state index contributed by atoms with van der Waals surface area (Å²) in [5.41, 5.74) is 6.35. The molecule has 2 nitrogen and oxygen atoms in total. The van der Waals surface area contributed by atoms with Gasteiger partial charge in [-0.1, -0.05) is 50.1 Å². The highest BCUT2D eigenvalue weighted by atomic mass is 16.1. The molecule has 2 N–H and O–H groups in total. The lowest BCUT2D eigenvalue weighted by Gasteiger charge is -2.40. The molecule has 1 amide bonds. The van der Waals surface area contributed by atoms with Crippen LogP contribution in [0, 0.1) is 5.92 Å². The Kier molecular flexibility index (Phi) is 2.99. The first-order valence-corrected chi connectivity index (χ1v) is 6.03. The van der Waals surface area contributed by atoms with Crippen molar-refractivity contribution < 1.29 is 4.79 Å². The summed E-state index contributed by atoms with van der Waals surface area (Å²) in [6.07, 6.45) is 4.30. The highest BCUT2D eigenvalue weighted by Crippen LogP contribution is 2.43. The lowest BCUT2D eigenvalue weighted by molar-refractivity contribution is -0.126. The van der Waals surface area contributed by atoms with Crippen LogP contribution in [0.3, 0.4) is 0 Å². The van der Waals surface area contributed by atoms with Gasteiger partial charge < -0.3 is 5.73 Å². The van der Waals surface area contributed by atoms with Crippen LogP contribution in [0.5, 0.6) is 0 Å². The maximum atomic E-state index is 11.9. The second-order valence-corrected chi connectivity index (χ2v) is 4.85. The smallest absolute Gasteiger partial charge is 0.228 e. The van der Waals surface area contributed by atoms with Crippen molar-refractivity contribution in [1.82, 2.24) is 0 Å². The average molecular weight is 217 g/mol. The molecule has 0 heterocycles. The van der Waals surface area contributed by atoms with Gasteiger partial charge in [-0.2, -0.15) is 0 Å². The molecule has 2 atom stereocenters. The first-order valence-electron chi connectivity index (χ1n) is 6.03. The Bertz CT molecular complexity index is 374. The van der Waals surface area contributed by atoms with E-state index in [-0.39, 0.29) is 5.91 Å². The summed E-state index contributed by atoms with van der Waals surface area (Å²) in [4.78, 5) is 11.9. The number of carbonyl (C=O) groups is 1. The van der Waals surface area contributed by atoms with Crippen LogP contribution >= 0.6 is 0 Å². The Morgan fingerprint density at radius 1 is 1.31 bits per heavy atom. The van der Waals surface area contributed by atoms with Crippen LogP contribution in [0.1, 0.15) is 38.2 Å². The van der Waals surface area contributed by atoms with Gasteiger partial charge in [0.25, 0.3) is 0 Å².